The van der Waals surface area contributed by atoms with Gasteiger partial charge in [-0.25, -0.2) is 0 Å². The molecule has 7 heteroatoms. The van der Waals surface area contributed by atoms with E-state index in [1.807, 2.05) is 36.4 Å². The van der Waals surface area contributed by atoms with Crippen molar-refractivity contribution in [2.24, 2.45) is 0 Å². The zero-order valence-electron chi connectivity index (χ0n) is 17.4. The topological polar surface area (TPSA) is 83.4 Å². The summed E-state index contributed by atoms with van der Waals surface area (Å²) in [6.45, 7) is 4.20. The molecule has 4 heterocycles. The van der Waals surface area contributed by atoms with Crippen molar-refractivity contribution in [3.8, 4) is 0 Å². The Morgan fingerprint density at radius 2 is 1.03 bits per heavy atom. The quantitative estimate of drug-likeness (QED) is 0.395. The maximum Gasteiger partial charge on any atom is 0.176 e. The van der Waals surface area contributed by atoms with Crippen molar-refractivity contribution in [2.75, 3.05) is 39.5 Å². The molecule has 164 valence electrons. The normalized spacial score (nSPS) is 32.0. The summed E-state index contributed by atoms with van der Waals surface area (Å²) < 4.78 is 29.9. The van der Waals surface area contributed by atoms with Crippen molar-refractivity contribution >= 4 is 0 Å². The van der Waals surface area contributed by atoms with Crippen LogP contribution in [-0.2, 0) is 35.1 Å². The summed E-state index contributed by atoms with van der Waals surface area (Å²) >= 11 is 0. The molecular weight excluding hydrogens is 396 g/mol. The van der Waals surface area contributed by atoms with Crippen LogP contribution in [0.3, 0.4) is 0 Å². The van der Waals surface area contributed by atoms with Crippen molar-refractivity contribution in [1.82, 2.24) is 10.6 Å². The molecule has 0 spiro atoms. The van der Waals surface area contributed by atoms with Crippen LogP contribution >= 0.6 is 0 Å². The van der Waals surface area contributed by atoms with Crippen molar-refractivity contribution in [3.63, 3.8) is 0 Å². The van der Waals surface area contributed by atoms with Crippen LogP contribution in [0.5, 0.6) is 0 Å². The van der Waals surface area contributed by atoms with Gasteiger partial charge in [0.05, 0.1) is 38.6 Å². The lowest BCUT2D eigenvalue weighted by Gasteiger charge is -2.44. The SMILES string of the molecule is c1ccc(C(NCC2CO2)(OC(NCC2CO2)(c2ccccc2)C2CO2)C2CO2)cc1. The first kappa shape index (κ1) is 19.8. The van der Waals surface area contributed by atoms with Crippen LogP contribution in [-0.4, -0.2) is 63.9 Å². The molecule has 4 saturated heterocycles. The highest BCUT2D eigenvalue weighted by Gasteiger charge is 2.59. The van der Waals surface area contributed by atoms with Gasteiger partial charge in [0, 0.05) is 24.2 Å². The molecule has 31 heavy (non-hydrogen) atoms. The monoisotopic (exact) mass is 424 g/mol. The molecule has 0 amide bonds. The molecule has 2 aromatic carbocycles. The van der Waals surface area contributed by atoms with Crippen molar-refractivity contribution in [2.45, 2.75) is 35.9 Å². The molecule has 0 bridgehead atoms. The van der Waals surface area contributed by atoms with Gasteiger partial charge in [-0.15, -0.1) is 0 Å². The summed E-state index contributed by atoms with van der Waals surface area (Å²) in [4.78, 5) is 0. The Hall–Kier alpha value is -1.84. The fourth-order valence-electron chi connectivity index (χ4n) is 4.22. The predicted molar refractivity (Wildman–Crippen MR) is 112 cm³/mol. The van der Waals surface area contributed by atoms with Gasteiger partial charge in [-0.1, -0.05) is 60.7 Å². The zero-order valence-corrected chi connectivity index (χ0v) is 17.4. The maximum absolute atomic E-state index is 7.22. The number of ether oxygens (including phenoxy) is 5. The van der Waals surface area contributed by atoms with E-state index < -0.39 is 11.4 Å². The van der Waals surface area contributed by atoms with E-state index in [1.165, 1.54) is 0 Å². The van der Waals surface area contributed by atoms with E-state index in [0.717, 1.165) is 24.3 Å². The summed E-state index contributed by atoms with van der Waals surface area (Å²) in [7, 11) is 0. The summed E-state index contributed by atoms with van der Waals surface area (Å²) in [6, 6.07) is 20.6. The maximum atomic E-state index is 7.22. The van der Waals surface area contributed by atoms with Gasteiger partial charge in [0.25, 0.3) is 0 Å². The molecule has 4 fully saturated rings. The van der Waals surface area contributed by atoms with Crippen LogP contribution in [0.4, 0.5) is 0 Å². The Morgan fingerprint density at radius 1 is 0.645 bits per heavy atom. The molecule has 6 atom stereocenters. The average molecular weight is 424 g/mol. The smallest absolute Gasteiger partial charge is 0.176 e. The molecule has 0 saturated carbocycles. The molecule has 2 N–H and O–H groups in total. The van der Waals surface area contributed by atoms with Gasteiger partial charge in [-0.05, 0) is 0 Å². The highest BCUT2D eigenvalue weighted by Crippen LogP contribution is 2.45. The molecule has 4 aliphatic heterocycles. The molecular formula is C24H28N2O5. The Morgan fingerprint density at radius 3 is 1.35 bits per heavy atom. The number of rotatable bonds is 12. The summed E-state index contributed by atoms with van der Waals surface area (Å²) in [6.07, 6.45) is 0.215. The van der Waals surface area contributed by atoms with Gasteiger partial charge in [0.15, 0.2) is 11.4 Å². The van der Waals surface area contributed by atoms with Crippen LogP contribution in [0.1, 0.15) is 11.1 Å². The number of hydrogen-bond donors (Lipinski definition) is 2. The fraction of sp³-hybridized carbons (Fsp3) is 0.500. The zero-order chi connectivity index (χ0) is 20.7. The van der Waals surface area contributed by atoms with E-state index in [4.69, 9.17) is 23.7 Å². The molecule has 6 rings (SSSR count). The minimum atomic E-state index is -0.841. The van der Waals surface area contributed by atoms with Crippen LogP contribution < -0.4 is 10.6 Å². The van der Waals surface area contributed by atoms with Crippen molar-refractivity contribution in [3.05, 3.63) is 71.8 Å². The molecule has 0 aliphatic carbocycles. The van der Waals surface area contributed by atoms with E-state index in [1.54, 1.807) is 0 Å². The van der Waals surface area contributed by atoms with Crippen LogP contribution in [0, 0.1) is 0 Å². The lowest BCUT2D eigenvalue weighted by molar-refractivity contribution is -0.219. The van der Waals surface area contributed by atoms with Crippen LogP contribution in [0.25, 0.3) is 0 Å². The largest absolute Gasteiger partial charge is 0.372 e. The first-order chi connectivity index (χ1) is 15.3. The van der Waals surface area contributed by atoms with Gasteiger partial charge < -0.3 is 23.7 Å². The average Bonchev–Trinajstić information content (AvgIpc) is 3.68. The first-order valence-corrected chi connectivity index (χ1v) is 11.1. The Kier molecular flexibility index (Phi) is 5.07. The summed E-state index contributed by atoms with van der Waals surface area (Å²) in [5, 5.41) is 7.37. The van der Waals surface area contributed by atoms with Gasteiger partial charge in [-0.2, -0.15) is 0 Å². The number of hydrogen-bond acceptors (Lipinski definition) is 7. The summed E-state index contributed by atoms with van der Waals surface area (Å²) in [5.74, 6) is 0. The Labute approximate surface area is 182 Å². The fourth-order valence-corrected chi connectivity index (χ4v) is 4.22. The molecule has 0 radical (unpaired) electrons. The third kappa shape index (κ3) is 4.15. The van der Waals surface area contributed by atoms with Crippen molar-refractivity contribution in [1.29, 1.82) is 0 Å². The van der Waals surface area contributed by atoms with Crippen LogP contribution in [0.15, 0.2) is 60.7 Å². The van der Waals surface area contributed by atoms with E-state index in [-0.39, 0.29) is 24.4 Å². The number of benzene rings is 2. The number of epoxide rings is 4. The van der Waals surface area contributed by atoms with Gasteiger partial charge in [0.1, 0.15) is 12.2 Å². The molecule has 4 aliphatic rings. The molecule has 7 nitrogen and oxygen atoms in total. The standard InChI is InChI=1S/C24H28N2O5/c1-3-7-17(8-4-1)23(21-15-29-21,25-11-19-13-27-19)31-24(22-16-30-22,26-12-20-14-28-20)18-9-5-2-6-10-18/h1-10,19-22,25-26H,11-16H2. The summed E-state index contributed by atoms with van der Waals surface area (Å²) in [5.41, 5.74) is 0.380. The molecule has 6 unspecified atom stereocenters. The van der Waals surface area contributed by atoms with E-state index in [2.05, 4.69) is 34.9 Å². The Balaban J connectivity index is 1.42. The third-order valence-corrected chi connectivity index (χ3v) is 6.29. The second-order valence-electron chi connectivity index (χ2n) is 8.62. The highest BCUT2D eigenvalue weighted by molar-refractivity contribution is 5.30. The van der Waals surface area contributed by atoms with Crippen LogP contribution in [0.2, 0.25) is 0 Å². The van der Waals surface area contributed by atoms with Gasteiger partial charge in [-0.3, -0.25) is 10.6 Å². The molecule has 0 aromatic heterocycles. The second-order valence-corrected chi connectivity index (χ2v) is 8.62. The Bertz CT molecular complexity index is 810. The number of nitrogens with one attached hydrogen (secondary N) is 2. The first-order valence-electron chi connectivity index (χ1n) is 11.1. The van der Waals surface area contributed by atoms with E-state index >= 15 is 0 Å². The van der Waals surface area contributed by atoms with Gasteiger partial charge in [0.2, 0.25) is 0 Å². The minimum absolute atomic E-state index is 0.102. The third-order valence-electron chi connectivity index (χ3n) is 6.29. The van der Waals surface area contributed by atoms with E-state index in [0.29, 0.717) is 26.3 Å². The minimum Gasteiger partial charge on any atom is -0.372 e. The molecule has 2 aromatic rings. The highest BCUT2D eigenvalue weighted by atomic mass is 16.7. The predicted octanol–water partition coefficient (Wildman–Crippen LogP) is 1.48. The van der Waals surface area contributed by atoms with Crippen molar-refractivity contribution < 1.29 is 23.7 Å². The van der Waals surface area contributed by atoms with Gasteiger partial charge >= 0.3 is 0 Å². The van der Waals surface area contributed by atoms with E-state index in [9.17, 15) is 0 Å². The lowest BCUT2D eigenvalue weighted by atomic mass is 9.94. The lowest BCUT2D eigenvalue weighted by Crippen LogP contribution is -2.61. The second kappa shape index (κ2) is 7.94.